The van der Waals surface area contributed by atoms with Gasteiger partial charge in [-0.3, -0.25) is 25.2 Å². The SMILES string of the molecule is O=C(Nc1ccc(Cl)c(Cl)c1)O/N=C1\C(=O)NN(c2ccccc2)C1=O. The molecule has 2 aromatic carbocycles. The van der Waals surface area contributed by atoms with Crippen molar-refractivity contribution in [2.75, 3.05) is 10.3 Å². The Hall–Kier alpha value is -3.10. The average molecular weight is 393 g/mol. The molecule has 0 bridgehead atoms. The van der Waals surface area contributed by atoms with Gasteiger partial charge in [0.05, 0.1) is 15.7 Å². The van der Waals surface area contributed by atoms with Gasteiger partial charge >= 0.3 is 12.0 Å². The lowest BCUT2D eigenvalue weighted by Crippen LogP contribution is -2.35. The molecular formula is C16H10Cl2N4O4. The van der Waals surface area contributed by atoms with E-state index in [1.165, 1.54) is 18.2 Å². The fourth-order valence-corrected chi connectivity index (χ4v) is 2.35. The maximum Gasteiger partial charge on any atom is 0.437 e. The summed E-state index contributed by atoms with van der Waals surface area (Å²) >= 11 is 11.6. The van der Waals surface area contributed by atoms with E-state index in [0.717, 1.165) is 5.01 Å². The fraction of sp³-hybridized carbons (Fsp3) is 0. The van der Waals surface area contributed by atoms with Crippen molar-refractivity contribution in [3.05, 3.63) is 58.6 Å². The molecule has 0 unspecified atom stereocenters. The second kappa shape index (κ2) is 7.42. The van der Waals surface area contributed by atoms with Gasteiger partial charge in [-0.25, -0.2) is 9.80 Å². The first-order valence-corrected chi connectivity index (χ1v) is 7.93. The van der Waals surface area contributed by atoms with E-state index in [1.54, 1.807) is 30.3 Å². The van der Waals surface area contributed by atoms with Crippen molar-refractivity contribution in [2.45, 2.75) is 0 Å². The third-order valence-electron chi connectivity index (χ3n) is 3.23. The van der Waals surface area contributed by atoms with E-state index in [-0.39, 0.29) is 5.02 Å². The van der Waals surface area contributed by atoms with E-state index >= 15 is 0 Å². The molecule has 3 rings (SSSR count). The van der Waals surface area contributed by atoms with Gasteiger partial charge in [0.2, 0.25) is 5.71 Å². The number of hydrogen-bond acceptors (Lipinski definition) is 5. The molecule has 2 N–H and O–H groups in total. The molecule has 0 radical (unpaired) electrons. The van der Waals surface area contributed by atoms with Crippen LogP contribution in [0.3, 0.4) is 0 Å². The van der Waals surface area contributed by atoms with Crippen LogP contribution in [0.2, 0.25) is 10.0 Å². The molecule has 1 fully saturated rings. The normalized spacial score (nSPS) is 15.2. The molecule has 0 aromatic heterocycles. The molecule has 0 aliphatic carbocycles. The number of nitrogens with zero attached hydrogens (tertiary/aromatic N) is 2. The molecule has 1 saturated heterocycles. The van der Waals surface area contributed by atoms with Gasteiger partial charge in [-0.05, 0) is 30.3 Å². The summed E-state index contributed by atoms with van der Waals surface area (Å²) in [5.41, 5.74) is 2.51. The van der Waals surface area contributed by atoms with Gasteiger partial charge in [0.1, 0.15) is 0 Å². The molecular weight excluding hydrogens is 383 g/mol. The molecule has 132 valence electrons. The highest BCUT2D eigenvalue weighted by atomic mass is 35.5. The predicted octanol–water partition coefficient (Wildman–Crippen LogP) is 2.98. The van der Waals surface area contributed by atoms with Gasteiger partial charge in [-0.1, -0.05) is 46.6 Å². The van der Waals surface area contributed by atoms with Crippen molar-refractivity contribution >= 4 is 58.2 Å². The Labute approximate surface area is 157 Å². The van der Waals surface area contributed by atoms with Gasteiger partial charge < -0.3 is 0 Å². The highest BCUT2D eigenvalue weighted by Crippen LogP contribution is 2.25. The molecule has 0 saturated carbocycles. The smallest absolute Gasteiger partial charge is 0.297 e. The van der Waals surface area contributed by atoms with Crippen molar-refractivity contribution in [1.82, 2.24) is 5.43 Å². The largest absolute Gasteiger partial charge is 0.437 e. The van der Waals surface area contributed by atoms with Crippen LogP contribution in [0, 0.1) is 0 Å². The molecule has 1 aliphatic rings. The van der Waals surface area contributed by atoms with E-state index in [2.05, 4.69) is 20.7 Å². The van der Waals surface area contributed by atoms with Crippen LogP contribution in [0.4, 0.5) is 16.2 Å². The lowest BCUT2D eigenvalue weighted by Gasteiger charge is -2.13. The Morgan fingerprint density at radius 3 is 2.50 bits per heavy atom. The van der Waals surface area contributed by atoms with Crippen LogP contribution in [0.25, 0.3) is 0 Å². The summed E-state index contributed by atoms with van der Waals surface area (Å²) in [6.45, 7) is 0. The molecule has 3 amide bonds. The molecule has 1 heterocycles. The number of hydrogen-bond donors (Lipinski definition) is 2. The number of para-hydroxylation sites is 1. The number of benzene rings is 2. The summed E-state index contributed by atoms with van der Waals surface area (Å²) in [4.78, 5) is 40.4. The zero-order chi connectivity index (χ0) is 18.7. The van der Waals surface area contributed by atoms with Gasteiger partial charge in [-0.15, -0.1) is 0 Å². The first-order valence-electron chi connectivity index (χ1n) is 7.17. The number of oxime groups is 1. The Bertz CT molecular complexity index is 918. The zero-order valence-electron chi connectivity index (χ0n) is 12.9. The predicted molar refractivity (Wildman–Crippen MR) is 96.1 cm³/mol. The van der Waals surface area contributed by atoms with Crippen LogP contribution < -0.4 is 15.8 Å². The average Bonchev–Trinajstić information content (AvgIpc) is 2.91. The Kier molecular flexibility index (Phi) is 5.06. The third-order valence-corrected chi connectivity index (χ3v) is 3.97. The monoisotopic (exact) mass is 392 g/mol. The van der Waals surface area contributed by atoms with Crippen LogP contribution in [0.5, 0.6) is 0 Å². The van der Waals surface area contributed by atoms with Crippen molar-refractivity contribution in [3.63, 3.8) is 0 Å². The third kappa shape index (κ3) is 3.76. The summed E-state index contributed by atoms with van der Waals surface area (Å²) < 4.78 is 0. The van der Waals surface area contributed by atoms with E-state index in [0.29, 0.717) is 16.4 Å². The number of amides is 3. The number of anilines is 2. The van der Waals surface area contributed by atoms with Crippen molar-refractivity contribution < 1.29 is 19.2 Å². The van der Waals surface area contributed by atoms with Gasteiger partial charge in [0, 0.05) is 5.69 Å². The Morgan fingerprint density at radius 1 is 1.08 bits per heavy atom. The number of carbonyl (C=O) groups is 3. The minimum atomic E-state index is -1.00. The lowest BCUT2D eigenvalue weighted by molar-refractivity contribution is -0.114. The van der Waals surface area contributed by atoms with Crippen LogP contribution in [0.1, 0.15) is 0 Å². The summed E-state index contributed by atoms with van der Waals surface area (Å²) in [5.74, 6) is -1.54. The van der Waals surface area contributed by atoms with Crippen molar-refractivity contribution in [2.24, 2.45) is 5.16 Å². The minimum Gasteiger partial charge on any atom is -0.297 e. The second-order valence-corrected chi connectivity index (χ2v) is 5.80. The fourth-order valence-electron chi connectivity index (χ4n) is 2.05. The molecule has 10 heteroatoms. The van der Waals surface area contributed by atoms with E-state index in [1.807, 2.05) is 0 Å². The Balaban J connectivity index is 1.67. The maximum absolute atomic E-state index is 12.2. The van der Waals surface area contributed by atoms with Crippen molar-refractivity contribution in [3.8, 4) is 0 Å². The number of nitrogens with one attached hydrogen (secondary N) is 2. The molecule has 26 heavy (non-hydrogen) atoms. The number of hydrazine groups is 1. The minimum absolute atomic E-state index is 0.236. The quantitative estimate of drug-likeness (QED) is 0.619. The second-order valence-electron chi connectivity index (χ2n) is 4.99. The number of rotatable bonds is 3. The molecule has 1 aliphatic heterocycles. The molecule has 2 aromatic rings. The number of carbonyl (C=O) groups excluding carboxylic acids is 3. The van der Waals surface area contributed by atoms with Crippen molar-refractivity contribution in [1.29, 1.82) is 0 Å². The van der Waals surface area contributed by atoms with Crippen LogP contribution in [0.15, 0.2) is 53.7 Å². The number of halogens is 2. The maximum atomic E-state index is 12.2. The molecule has 0 atom stereocenters. The van der Waals surface area contributed by atoms with E-state index < -0.39 is 23.6 Å². The summed E-state index contributed by atoms with van der Waals surface area (Å²) in [6.07, 6.45) is -1.00. The molecule has 0 spiro atoms. The van der Waals surface area contributed by atoms with Crippen LogP contribution in [-0.2, 0) is 14.4 Å². The zero-order valence-corrected chi connectivity index (χ0v) is 14.4. The van der Waals surface area contributed by atoms with Gasteiger partial charge in [0.15, 0.2) is 0 Å². The highest BCUT2D eigenvalue weighted by molar-refractivity contribution is 6.70. The standard InChI is InChI=1S/C16H10Cl2N4O4/c17-11-7-6-9(8-12(11)18)19-16(25)26-21-13-14(23)20-22(15(13)24)10-4-2-1-3-5-10/h1-8H,(H,19,25)(H,20,23)/b21-13+. The highest BCUT2D eigenvalue weighted by Gasteiger charge is 2.37. The first kappa shape index (κ1) is 17.7. The van der Waals surface area contributed by atoms with Gasteiger partial charge in [0.25, 0.3) is 5.91 Å². The van der Waals surface area contributed by atoms with E-state index in [4.69, 9.17) is 23.2 Å². The first-order chi connectivity index (χ1) is 12.5. The molecule has 8 nitrogen and oxygen atoms in total. The van der Waals surface area contributed by atoms with Gasteiger partial charge in [-0.2, -0.15) is 0 Å². The summed E-state index contributed by atoms with van der Waals surface area (Å²) in [6, 6.07) is 12.8. The lowest BCUT2D eigenvalue weighted by atomic mass is 10.3. The van der Waals surface area contributed by atoms with E-state index in [9.17, 15) is 14.4 Å². The van der Waals surface area contributed by atoms with Crippen LogP contribution in [-0.4, -0.2) is 23.6 Å². The Morgan fingerprint density at radius 2 is 1.81 bits per heavy atom. The van der Waals surface area contributed by atoms with Crippen LogP contribution >= 0.6 is 23.2 Å². The summed E-state index contributed by atoms with van der Waals surface area (Å²) in [5, 5.41) is 7.23. The topological polar surface area (TPSA) is 100 Å². The summed E-state index contributed by atoms with van der Waals surface area (Å²) in [7, 11) is 0.